The van der Waals surface area contributed by atoms with Crippen LogP contribution in [0.1, 0.15) is 6.42 Å². The van der Waals surface area contributed by atoms with E-state index in [1.165, 1.54) is 4.90 Å². The lowest BCUT2D eigenvalue weighted by molar-refractivity contribution is -0.254. The molecule has 6 heteroatoms. The summed E-state index contributed by atoms with van der Waals surface area (Å²) in [6, 6.07) is 0. The van der Waals surface area contributed by atoms with Crippen LogP contribution in [0.5, 0.6) is 0 Å². The normalized spacial score (nSPS) is 31.2. The number of halogens is 3. The van der Waals surface area contributed by atoms with Crippen LogP contribution < -0.4 is 0 Å². The van der Waals surface area contributed by atoms with Crippen molar-refractivity contribution in [3.63, 3.8) is 0 Å². The summed E-state index contributed by atoms with van der Waals surface area (Å²) in [5.41, 5.74) is -2.58. The van der Waals surface area contributed by atoms with Gasteiger partial charge in [-0.25, -0.2) is 0 Å². The summed E-state index contributed by atoms with van der Waals surface area (Å²) in [5, 5.41) is 17.7. The number of alkyl halides is 3. The van der Waals surface area contributed by atoms with Crippen LogP contribution in [0.15, 0.2) is 0 Å². The quantitative estimate of drug-likeness (QED) is 0.656. The van der Waals surface area contributed by atoms with E-state index in [-0.39, 0.29) is 26.1 Å². The smallest absolute Gasteiger partial charge is 0.395 e. The van der Waals surface area contributed by atoms with E-state index in [1.54, 1.807) is 0 Å². The first-order chi connectivity index (χ1) is 5.89. The third kappa shape index (κ3) is 2.12. The molecule has 2 N–H and O–H groups in total. The Kier molecular flexibility index (Phi) is 2.84. The number of hydrogen-bond acceptors (Lipinski definition) is 3. The standard InChI is InChI=1S/C7H12F3NO2/c8-7(9,10)6(13)1-2-11(5-6)3-4-12/h12-13H,1-5H2/t6-/m0/s1. The van der Waals surface area contributed by atoms with Crippen LogP contribution in [0.25, 0.3) is 0 Å². The highest BCUT2D eigenvalue weighted by atomic mass is 19.4. The molecule has 1 fully saturated rings. The van der Waals surface area contributed by atoms with Gasteiger partial charge < -0.3 is 10.2 Å². The van der Waals surface area contributed by atoms with E-state index >= 15 is 0 Å². The molecular formula is C7H12F3NO2. The topological polar surface area (TPSA) is 43.7 Å². The molecule has 1 saturated heterocycles. The highest BCUT2D eigenvalue weighted by Crippen LogP contribution is 2.37. The van der Waals surface area contributed by atoms with E-state index in [1.807, 2.05) is 0 Å². The molecule has 0 spiro atoms. The maximum Gasteiger partial charge on any atom is 0.418 e. The van der Waals surface area contributed by atoms with Crippen molar-refractivity contribution < 1.29 is 23.4 Å². The first-order valence-corrected chi connectivity index (χ1v) is 4.01. The van der Waals surface area contributed by atoms with Crippen LogP contribution in [0.4, 0.5) is 13.2 Å². The minimum Gasteiger partial charge on any atom is -0.395 e. The Bertz CT molecular complexity index is 185. The molecule has 0 amide bonds. The summed E-state index contributed by atoms with van der Waals surface area (Å²) in [6.45, 7) is -0.264. The van der Waals surface area contributed by atoms with Crippen molar-refractivity contribution in [2.24, 2.45) is 0 Å². The first-order valence-electron chi connectivity index (χ1n) is 4.01. The summed E-state index contributed by atoms with van der Waals surface area (Å²) in [4.78, 5) is 1.40. The van der Waals surface area contributed by atoms with Crippen LogP contribution in [0.3, 0.4) is 0 Å². The number of hydrogen-bond donors (Lipinski definition) is 2. The van der Waals surface area contributed by atoms with E-state index in [2.05, 4.69) is 0 Å². The predicted molar refractivity (Wildman–Crippen MR) is 39.1 cm³/mol. The summed E-state index contributed by atoms with van der Waals surface area (Å²) in [5.74, 6) is 0. The van der Waals surface area contributed by atoms with Crippen LogP contribution >= 0.6 is 0 Å². The number of aliphatic hydroxyl groups is 2. The maximum atomic E-state index is 12.2. The molecule has 78 valence electrons. The van der Waals surface area contributed by atoms with Crippen molar-refractivity contribution in [1.82, 2.24) is 4.90 Å². The van der Waals surface area contributed by atoms with Gasteiger partial charge in [-0.05, 0) is 6.42 Å². The molecule has 1 aliphatic heterocycles. The van der Waals surface area contributed by atoms with E-state index in [9.17, 15) is 18.3 Å². The lowest BCUT2D eigenvalue weighted by Crippen LogP contribution is -2.47. The van der Waals surface area contributed by atoms with Crippen molar-refractivity contribution in [3.8, 4) is 0 Å². The molecule has 0 radical (unpaired) electrons. The molecule has 0 aliphatic carbocycles. The van der Waals surface area contributed by atoms with Crippen molar-refractivity contribution in [3.05, 3.63) is 0 Å². The predicted octanol–water partition coefficient (Wildman–Crippen LogP) is -0.0222. The first kappa shape index (κ1) is 10.7. The molecule has 1 atom stereocenters. The Morgan fingerprint density at radius 2 is 2.00 bits per heavy atom. The molecular weight excluding hydrogens is 187 g/mol. The monoisotopic (exact) mass is 199 g/mol. The van der Waals surface area contributed by atoms with Gasteiger partial charge in [0.05, 0.1) is 6.61 Å². The van der Waals surface area contributed by atoms with Crippen molar-refractivity contribution in [2.75, 3.05) is 26.2 Å². The number of aliphatic hydroxyl groups excluding tert-OH is 1. The number of nitrogens with zero attached hydrogens (tertiary/aromatic N) is 1. The molecule has 1 heterocycles. The average Bonchev–Trinajstić information content (AvgIpc) is 2.32. The minimum absolute atomic E-state index is 0.177. The second-order valence-electron chi connectivity index (χ2n) is 3.28. The summed E-state index contributed by atoms with van der Waals surface area (Å²) in [7, 11) is 0. The van der Waals surface area contributed by atoms with Crippen molar-refractivity contribution >= 4 is 0 Å². The molecule has 0 unspecified atom stereocenters. The van der Waals surface area contributed by atoms with E-state index in [0.29, 0.717) is 0 Å². The second-order valence-corrected chi connectivity index (χ2v) is 3.28. The van der Waals surface area contributed by atoms with Crippen LogP contribution in [0, 0.1) is 0 Å². The molecule has 0 bridgehead atoms. The van der Waals surface area contributed by atoms with Gasteiger partial charge in [0.25, 0.3) is 0 Å². The highest BCUT2D eigenvalue weighted by molar-refractivity contribution is 4.95. The maximum absolute atomic E-state index is 12.2. The SMILES string of the molecule is OCCN1CC[C@@](O)(C(F)(F)F)C1. The number of likely N-dealkylation sites (tertiary alicyclic amines) is 1. The lowest BCUT2D eigenvalue weighted by Gasteiger charge is -2.25. The third-order valence-electron chi connectivity index (χ3n) is 2.27. The van der Waals surface area contributed by atoms with Gasteiger partial charge in [0, 0.05) is 19.6 Å². The Hall–Kier alpha value is -0.330. The fourth-order valence-electron chi connectivity index (χ4n) is 1.43. The van der Waals surface area contributed by atoms with E-state index in [4.69, 9.17) is 5.11 Å². The van der Waals surface area contributed by atoms with Crippen LogP contribution in [-0.4, -0.2) is 53.1 Å². The van der Waals surface area contributed by atoms with Gasteiger partial charge in [0.1, 0.15) is 0 Å². The third-order valence-corrected chi connectivity index (χ3v) is 2.27. The molecule has 0 aromatic heterocycles. The zero-order chi connectivity index (χ0) is 10.1. The summed E-state index contributed by atoms with van der Waals surface area (Å²) >= 11 is 0. The summed E-state index contributed by atoms with van der Waals surface area (Å²) < 4.78 is 36.7. The fraction of sp³-hybridized carbons (Fsp3) is 1.00. The Labute approximate surface area is 73.8 Å². The molecule has 1 aliphatic rings. The Morgan fingerprint density at radius 3 is 2.38 bits per heavy atom. The highest BCUT2D eigenvalue weighted by Gasteiger charge is 2.56. The minimum atomic E-state index is -4.57. The Morgan fingerprint density at radius 1 is 1.38 bits per heavy atom. The largest absolute Gasteiger partial charge is 0.418 e. The van der Waals surface area contributed by atoms with E-state index < -0.39 is 18.3 Å². The van der Waals surface area contributed by atoms with Crippen LogP contribution in [0.2, 0.25) is 0 Å². The summed E-state index contributed by atoms with van der Waals surface area (Å²) in [6.07, 6.45) is -4.88. The van der Waals surface area contributed by atoms with Gasteiger partial charge in [-0.15, -0.1) is 0 Å². The average molecular weight is 199 g/mol. The molecule has 0 aromatic rings. The van der Waals surface area contributed by atoms with E-state index in [0.717, 1.165) is 0 Å². The van der Waals surface area contributed by atoms with Gasteiger partial charge in [-0.1, -0.05) is 0 Å². The van der Waals surface area contributed by atoms with Gasteiger partial charge in [0.2, 0.25) is 0 Å². The zero-order valence-electron chi connectivity index (χ0n) is 7.01. The molecule has 0 aromatic carbocycles. The zero-order valence-corrected chi connectivity index (χ0v) is 7.01. The van der Waals surface area contributed by atoms with Crippen molar-refractivity contribution in [1.29, 1.82) is 0 Å². The molecule has 13 heavy (non-hydrogen) atoms. The second kappa shape index (κ2) is 3.43. The van der Waals surface area contributed by atoms with Gasteiger partial charge in [-0.2, -0.15) is 13.2 Å². The molecule has 0 saturated carbocycles. The lowest BCUT2D eigenvalue weighted by atomic mass is 10.0. The Balaban J connectivity index is 2.56. The van der Waals surface area contributed by atoms with Gasteiger partial charge in [-0.3, -0.25) is 4.90 Å². The van der Waals surface area contributed by atoms with Gasteiger partial charge in [0.15, 0.2) is 5.60 Å². The number of β-amino-alcohol motifs (C(OH)–C–C–N with tert-alkyl or cyclic N) is 2. The van der Waals surface area contributed by atoms with Crippen molar-refractivity contribution in [2.45, 2.75) is 18.2 Å². The molecule has 3 nitrogen and oxygen atoms in total. The number of rotatable bonds is 2. The fourth-order valence-corrected chi connectivity index (χ4v) is 1.43. The van der Waals surface area contributed by atoms with Gasteiger partial charge >= 0.3 is 6.18 Å². The molecule has 1 rings (SSSR count). The van der Waals surface area contributed by atoms with Crippen LogP contribution in [-0.2, 0) is 0 Å².